The smallest absolute Gasteiger partial charge is 0.344 e. The fourth-order valence-electron chi connectivity index (χ4n) is 1.99. The van der Waals surface area contributed by atoms with Gasteiger partial charge in [0.1, 0.15) is 0 Å². The molecule has 0 spiro atoms. The van der Waals surface area contributed by atoms with Crippen LogP contribution < -0.4 is 5.69 Å². The molecule has 1 aromatic heterocycles. The van der Waals surface area contributed by atoms with Crippen LogP contribution in [0.25, 0.3) is 0 Å². The number of hydrogen-bond donors (Lipinski definition) is 1. The summed E-state index contributed by atoms with van der Waals surface area (Å²) in [5.74, 6) is 0.801. The van der Waals surface area contributed by atoms with Gasteiger partial charge in [-0.3, -0.25) is 9.36 Å². The number of aromatic amines is 1. The van der Waals surface area contributed by atoms with Gasteiger partial charge in [-0.1, -0.05) is 18.2 Å². The Labute approximate surface area is 122 Å². The van der Waals surface area contributed by atoms with Crippen molar-refractivity contribution in [3.8, 4) is 0 Å². The first kappa shape index (κ1) is 15.2. The van der Waals surface area contributed by atoms with Crippen LogP contribution in [0.15, 0.2) is 9.95 Å². The number of nitrogens with one attached hydrogen (secondary N) is 1. The Morgan fingerprint density at radius 2 is 2.25 bits per heavy atom. The van der Waals surface area contributed by atoms with E-state index in [9.17, 15) is 9.59 Å². The SMILES string of the molecule is CCOC(=O)CCCCCSc1n[nH]c(=O)n1C1CC1. The van der Waals surface area contributed by atoms with Crippen molar-refractivity contribution in [1.82, 2.24) is 14.8 Å². The normalized spacial score (nSPS) is 14.4. The monoisotopic (exact) mass is 299 g/mol. The standard InChI is InChI=1S/C13H21N3O3S/c1-2-19-11(17)6-4-3-5-9-20-13-15-14-12(18)16(13)10-7-8-10/h10H,2-9H2,1H3,(H,14,18). The molecule has 0 amide bonds. The zero-order valence-electron chi connectivity index (χ0n) is 11.8. The molecule has 0 aliphatic heterocycles. The molecule has 0 atom stereocenters. The maximum Gasteiger partial charge on any atom is 0.344 e. The molecule has 1 aromatic rings. The predicted molar refractivity (Wildman–Crippen MR) is 76.9 cm³/mol. The van der Waals surface area contributed by atoms with Crippen molar-refractivity contribution in [3.63, 3.8) is 0 Å². The molecular formula is C13H21N3O3S. The van der Waals surface area contributed by atoms with E-state index in [0.717, 1.165) is 43.0 Å². The highest BCUT2D eigenvalue weighted by Gasteiger charge is 2.28. The molecule has 1 N–H and O–H groups in total. The minimum Gasteiger partial charge on any atom is -0.466 e. The van der Waals surface area contributed by atoms with Gasteiger partial charge in [0, 0.05) is 18.2 Å². The maximum absolute atomic E-state index is 11.6. The highest BCUT2D eigenvalue weighted by molar-refractivity contribution is 7.99. The largest absolute Gasteiger partial charge is 0.466 e. The Bertz CT molecular complexity index is 493. The molecule has 112 valence electrons. The Balaban J connectivity index is 1.62. The molecule has 6 nitrogen and oxygen atoms in total. The third-order valence-corrected chi connectivity index (χ3v) is 4.18. The number of rotatable bonds is 9. The van der Waals surface area contributed by atoms with E-state index < -0.39 is 0 Å². The first-order valence-electron chi connectivity index (χ1n) is 7.17. The molecule has 1 heterocycles. The number of nitrogens with zero attached hydrogens (tertiary/aromatic N) is 2. The Morgan fingerprint density at radius 3 is 2.95 bits per heavy atom. The molecule has 0 unspecified atom stereocenters. The fraction of sp³-hybridized carbons (Fsp3) is 0.769. The maximum atomic E-state index is 11.6. The van der Waals surface area contributed by atoms with Gasteiger partial charge in [-0.15, -0.1) is 5.10 Å². The first-order valence-corrected chi connectivity index (χ1v) is 8.16. The van der Waals surface area contributed by atoms with E-state index in [1.807, 2.05) is 6.92 Å². The molecule has 0 aromatic carbocycles. The van der Waals surface area contributed by atoms with Crippen LogP contribution in [0.5, 0.6) is 0 Å². The summed E-state index contributed by atoms with van der Waals surface area (Å²) in [6, 6.07) is 0.354. The quantitative estimate of drug-likeness (QED) is 0.429. The van der Waals surface area contributed by atoms with E-state index in [-0.39, 0.29) is 11.7 Å². The summed E-state index contributed by atoms with van der Waals surface area (Å²) in [5.41, 5.74) is -0.0997. The molecule has 1 saturated carbocycles. The van der Waals surface area contributed by atoms with E-state index in [0.29, 0.717) is 19.1 Å². The van der Waals surface area contributed by atoms with Gasteiger partial charge < -0.3 is 4.74 Å². The number of carbonyl (C=O) groups is 1. The molecule has 1 fully saturated rings. The zero-order valence-corrected chi connectivity index (χ0v) is 12.6. The molecule has 2 rings (SSSR count). The van der Waals surface area contributed by atoms with Gasteiger partial charge >= 0.3 is 11.7 Å². The minimum absolute atomic E-state index is 0.0997. The van der Waals surface area contributed by atoms with Gasteiger partial charge in [-0.2, -0.15) is 0 Å². The van der Waals surface area contributed by atoms with Crippen molar-refractivity contribution in [2.24, 2.45) is 0 Å². The van der Waals surface area contributed by atoms with Crippen molar-refractivity contribution in [1.29, 1.82) is 0 Å². The zero-order chi connectivity index (χ0) is 14.4. The molecule has 1 aliphatic rings. The van der Waals surface area contributed by atoms with Crippen LogP contribution in [0, 0.1) is 0 Å². The highest BCUT2D eigenvalue weighted by Crippen LogP contribution is 2.36. The Hall–Kier alpha value is -1.24. The van der Waals surface area contributed by atoms with Gasteiger partial charge in [0.25, 0.3) is 0 Å². The van der Waals surface area contributed by atoms with Gasteiger partial charge in [-0.25, -0.2) is 9.89 Å². The fourth-order valence-corrected chi connectivity index (χ4v) is 3.00. The summed E-state index contributed by atoms with van der Waals surface area (Å²) in [4.78, 5) is 22.7. The second kappa shape index (κ2) is 7.52. The lowest BCUT2D eigenvalue weighted by molar-refractivity contribution is -0.143. The summed E-state index contributed by atoms with van der Waals surface area (Å²) in [6.45, 7) is 2.27. The van der Waals surface area contributed by atoms with Crippen molar-refractivity contribution in [2.45, 2.75) is 56.6 Å². The number of aromatic nitrogens is 3. The van der Waals surface area contributed by atoms with Crippen LogP contribution in [0.3, 0.4) is 0 Å². The van der Waals surface area contributed by atoms with Crippen LogP contribution in [-0.4, -0.2) is 33.1 Å². The van der Waals surface area contributed by atoms with Gasteiger partial charge in [0.05, 0.1) is 6.61 Å². The van der Waals surface area contributed by atoms with E-state index in [2.05, 4.69) is 10.2 Å². The van der Waals surface area contributed by atoms with Gasteiger partial charge in [-0.05, 0) is 32.6 Å². The molecule has 1 aliphatic carbocycles. The molecule has 0 saturated heterocycles. The number of thioether (sulfide) groups is 1. The Morgan fingerprint density at radius 1 is 1.45 bits per heavy atom. The Kier molecular flexibility index (Phi) is 5.70. The molecule has 7 heteroatoms. The minimum atomic E-state index is -0.116. The number of esters is 1. The summed E-state index contributed by atoms with van der Waals surface area (Å²) in [5, 5.41) is 7.37. The summed E-state index contributed by atoms with van der Waals surface area (Å²) < 4.78 is 6.64. The average molecular weight is 299 g/mol. The summed E-state index contributed by atoms with van der Waals surface area (Å²) in [7, 11) is 0. The van der Waals surface area contributed by atoms with E-state index in [1.165, 1.54) is 0 Å². The summed E-state index contributed by atoms with van der Waals surface area (Å²) in [6.07, 6.45) is 5.50. The van der Waals surface area contributed by atoms with Crippen LogP contribution in [0.2, 0.25) is 0 Å². The number of H-pyrrole nitrogens is 1. The number of ether oxygens (including phenoxy) is 1. The average Bonchev–Trinajstić information content (AvgIpc) is 3.18. The third kappa shape index (κ3) is 4.40. The highest BCUT2D eigenvalue weighted by atomic mass is 32.2. The molecular weight excluding hydrogens is 278 g/mol. The molecule has 0 radical (unpaired) electrons. The lowest BCUT2D eigenvalue weighted by Gasteiger charge is -2.03. The second-order valence-corrected chi connectivity index (χ2v) is 5.94. The number of carbonyl (C=O) groups excluding carboxylic acids is 1. The third-order valence-electron chi connectivity index (χ3n) is 3.15. The van der Waals surface area contributed by atoms with Crippen LogP contribution >= 0.6 is 11.8 Å². The van der Waals surface area contributed by atoms with Crippen molar-refractivity contribution in [2.75, 3.05) is 12.4 Å². The predicted octanol–water partition coefficient (Wildman–Crippen LogP) is 2.12. The van der Waals surface area contributed by atoms with Crippen molar-refractivity contribution < 1.29 is 9.53 Å². The summed E-state index contributed by atoms with van der Waals surface area (Å²) >= 11 is 1.61. The van der Waals surface area contributed by atoms with Crippen molar-refractivity contribution >= 4 is 17.7 Å². The van der Waals surface area contributed by atoms with E-state index >= 15 is 0 Å². The van der Waals surface area contributed by atoms with Gasteiger partial charge in [0.15, 0.2) is 5.16 Å². The van der Waals surface area contributed by atoms with E-state index in [1.54, 1.807) is 16.3 Å². The second-order valence-electron chi connectivity index (χ2n) is 4.88. The molecule has 20 heavy (non-hydrogen) atoms. The van der Waals surface area contributed by atoms with Crippen molar-refractivity contribution in [3.05, 3.63) is 10.5 Å². The van der Waals surface area contributed by atoms with Gasteiger partial charge in [0.2, 0.25) is 0 Å². The number of hydrogen-bond acceptors (Lipinski definition) is 5. The lowest BCUT2D eigenvalue weighted by Crippen LogP contribution is -2.16. The topological polar surface area (TPSA) is 77.0 Å². The lowest BCUT2D eigenvalue weighted by atomic mass is 10.2. The van der Waals surface area contributed by atoms with Crippen LogP contribution in [-0.2, 0) is 9.53 Å². The van der Waals surface area contributed by atoms with Crippen LogP contribution in [0.1, 0.15) is 51.5 Å². The number of unbranched alkanes of at least 4 members (excludes halogenated alkanes) is 2. The van der Waals surface area contributed by atoms with E-state index in [4.69, 9.17) is 4.74 Å². The van der Waals surface area contributed by atoms with Crippen LogP contribution in [0.4, 0.5) is 0 Å². The molecule has 0 bridgehead atoms. The first-order chi connectivity index (χ1) is 9.72.